The average molecular weight is 486 g/mol. The Hall–Kier alpha value is -1.26. The Kier molecular flexibility index (Phi) is 8.84. The third kappa shape index (κ3) is 6.36. The van der Waals surface area contributed by atoms with Gasteiger partial charge in [0.05, 0.1) is 32.3 Å². The minimum Gasteiger partial charge on any atom is -0.491 e. The van der Waals surface area contributed by atoms with Gasteiger partial charge in [-0.15, -0.1) is 11.6 Å². The van der Waals surface area contributed by atoms with Gasteiger partial charge in [-0.3, -0.25) is 0 Å². The molecule has 0 aliphatic rings. The molecule has 0 amide bonds. The Morgan fingerprint density at radius 1 is 0.897 bits per heavy atom. The van der Waals surface area contributed by atoms with Crippen LogP contribution in [-0.2, 0) is 9.84 Å². The highest BCUT2D eigenvalue weighted by Gasteiger charge is 2.22. The van der Waals surface area contributed by atoms with E-state index in [0.717, 1.165) is 0 Å². The molecule has 0 heterocycles. The third-order valence-electron chi connectivity index (χ3n) is 3.67. The van der Waals surface area contributed by atoms with Gasteiger partial charge in [0.15, 0.2) is 5.75 Å². The van der Waals surface area contributed by atoms with Gasteiger partial charge in [0.2, 0.25) is 9.84 Å². The fourth-order valence-corrected chi connectivity index (χ4v) is 4.28. The van der Waals surface area contributed by atoms with Crippen LogP contribution >= 0.6 is 34.8 Å². The van der Waals surface area contributed by atoms with Crippen LogP contribution in [-0.4, -0.2) is 61.6 Å². The summed E-state index contributed by atoms with van der Waals surface area (Å²) >= 11 is 17.7. The Balaban J connectivity index is 2.22. The summed E-state index contributed by atoms with van der Waals surface area (Å²) in [6, 6.07) is 7.97. The first-order valence-electron chi connectivity index (χ1n) is 8.31. The first kappa shape index (κ1) is 24.0. The molecule has 3 N–H and O–H groups in total. The van der Waals surface area contributed by atoms with Crippen molar-refractivity contribution in [2.24, 2.45) is 0 Å². The lowest BCUT2D eigenvalue weighted by atomic mass is 10.3. The van der Waals surface area contributed by atoms with Gasteiger partial charge in [-0.25, -0.2) is 8.42 Å². The zero-order valence-corrected chi connectivity index (χ0v) is 18.0. The monoisotopic (exact) mass is 484 g/mol. The Morgan fingerprint density at radius 2 is 1.45 bits per heavy atom. The van der Waals surface area contributed by atoms with Crippen LogP contribution in [0.25, 0.3) is 0 Å². The molecule has 0 saturated carbocycles. The lowest BCUT2D eigenvalue weighted by Gasteiger charge is -2.14. The number of halogens is 3. The van der Waals surface area contributed by atoms with E-state index in [0.29, 0.717) is 5.75 Å². The summed E-state index contributed by atoms with van der Waals surface area (Å²) in [6.45, 7) is -0.790. The molecule has 0 aliphatic heterocycles. The van der Waals surface area contributed by atoms with Crippen LogP contribution in [0.2, 0.25) is 10.0 Å². The second kappa shape index (κ2) is 10.7. The van der Waals surface area contributed by atoms with E-state index in [1.54, 1.807) is 0 Å². The average Bonchev–Trinajstić information content (AvgIpc) is 2.71. The molecule has 2 atom stereocenters. The van der Waals surface area contributed by atoms with Gasteiger partial charge in [0, 0.05) is 0 Å². The maximum Gasteiger partial charge on any atom is 0.206 e. The molecule has 160 valence electrons. The van der Waals surface area contributed by atoms with Crippen molar-refractivity contribution in [3.8, 4) is 11.5 Å². The highest BCUT2D eigenvalue weighted by molar-refractivity contribution is 7.91. The number of hydrogen-bond acceptors (Lipinski definition) is 7. The second-order valence-electron chi connectivity index (χ2n) is 5.96. The van der Waals surface area contributed by atoms with E-state index in [4.69, 9.17) is 49.4 Å². The summed E-state index contributed by atoms with van der Waals surface area (Å²) in [6.07, 6.45) is -1.96. The van der Waals surface area contributed by atoms with Crippen molar-refractivity contribution in [2.75, 3.05) is 25.7 Å². The van der Waals surface area contributed by atoms with Crippen LogP contribution in [0, 0.1) is 0 Å². The van der Waals surface area contributed by atoms with Crippen LogP contribution in [0.4, 0.5) is 0 Å². The van der Waals surface area contributed by atoms with Crippen LogP contribution in [0.3, 0.4) is 0 Å². The number of rotatable bonds is 10. The van der Waals surface area contributed by atoms with E-state index >= 15 is 0 Å². The van der Waals surface area contributed by atoms with Crippen LogP contribution in [0.15, 0.2) is 46.2 Å². The number of aliphatic hydroxyl groups excluding tert-OH is 3. The zero-order chi connectivity index (χ0) is 21.6. The number of aliphatic hydroxyl groups is 3. The normalized spacial score (nSPS) is 13.7. The van der Waals surface area contributed by atoms with Crippen molar-refractivity contribution < 1.29 is 33.2 Å². The molecule has 2 aromatic rings. The van der Waals surface area contributed by atoms with Crippen molar-refractivity contribution in [1.29, 1.82) is 0 Å². The van der Waals surface area contributed by atoms with E-state index in [1.165, 1.54) is 36.4 Å². The summed E-state index contributed by atoms with van der Waals surface area (Å²) in [5.41, 5.74) is 0. The minimum absolute atomic E-state index is 0.00128. The number of sulfone groups is 1. The molecular weight excluding hydrogens is 467 g/mol. The van der Waals surface area contributed by atoms with Crippen LogP contribution in [0.5, 0.6) is 11.5 Å². The lowest BCUT2D eigenvalue weighted by Crippen LogP contribution is -2.21. The highest BCUT2D eigenvalue weighted by Crippen LogP contribution is 2.37. The smallest absolute Gasteiger partial charge is 0.206 e. The molecule has 0 unspecified atom stereocenters. The molecule has 2 rings (SSSR count). The van der Waals surface area contributed by atoms with Crippen LogP contribution < -0.4 is 9.47 Å². The molecular formula is C18H19Cl3O7S. The number of hydrogen-bond donors (Lipinski definition) is 3. The molecule has 0 saturated heterocycles. The molecule has 0 spiro atoms. The Morgan fingerprint density at radius 3 is 1.97 bits per heavy atom. The quantitative estimate of drug-likeness (QED) is 0.443. The molecule has 0 aliphatic carbocycles. The predicted octanol–water partition coefficient (Wildman–Crippen LogP) is 2.54. The maximum absolute atomic E-state index is 12.9. The van der Waals surface area contributed by atoms with Crippen LogP contribution in [0.1, 0.15) is 0 Å². The number of alkyl halides is 1. The molecule has 0 aromatic heterocycles. The lowest BCUT2D eigenvalue weighted by molar-refractivity contribution is 0.0536. The fraction of sp³-hybridized carbons (Fsp3) is 0.333. The summed E-state index contributed by atoms with van der Waals surface area (Å²) in [7, 11) is -3.93. The van der Waals surface area contributed by atoms with Gasteiger partial charge < -0.3 is 24.8 Å². The van der Waals surface area contributed by atoms with Gasteiger partial charge in [0.1, 0.15) is 31.2 Å². The van der Waals surface area contributed by atoms with E-state index in [2.05, 4.69) is 0 Å². The number of benzene rings is 2. The van der Waals surface area contributed by atoms with E-state index in [1.807, 2.05) is 0 Å². The van der Waals surface area contributed by atoms with Gasteiger partial charge >= 0.3 is 0 Å². The SMILES string of the molecule is O=S(=O)(c1ccc(OC[C@H](O)CCl)cc1)c1cc(Cl)c(OC[C@H](O)CO)c(Cl)c1. The summed E-state index contributed by atoms with van der Waals surface area (Å²) < 4.78 is 36.3. The van der Waals surface area contributed by atoms with Gasteiger partial charge in [-0.1, -0.05) is 23.2 Å². The van der Waals surface area contributed by atoms with E-state index in [9.17, 15) is 18.6 Å². The number of ether oxygens (including phenoxy) is 2. The molecule has 0 radical (unpaired) electrons. The Labute approximate surface area is 183 Å². The van der Waals surface area contributed by atoms with Crippen molar-refractivity contribution >= 4 is 44.6 Å². The summed E-state index contributed by atoms with van der Waals surface area (Å²) in [5, 5.41) is 27.4. The minimum atomic E-state index is -3.93. The predicted molar refractivity (Wildman–Crippen MR) is 109 cm³/mol. The molecule has 29 heavy (non-hydrogen) atoms. The summed E-state index contributed by atoms with van der Waals surface area (Å²) in [5.74, 6) is 0.392. The van der Waals surface area contributed by atoms with Crippen molar-refractivity contribution in [3.63, 3.8) is 0 Å². The summed E-state index contributed by atoms with van der Waals surface area (Å²) in [4.78, 5) is -0.159. The van der Waals surface area contributed by atoms with Gasteiger partial charge in [0.25, 0.3) is 0 Å². The van der Waals surface area contributed by atoms with Crippen molar-refractivity contribution in [2.45, 2.75) is 22.0 Å². The van der Waals surface area contributed by atoms with E-state index in [-0.39, 0.29) is 44.7 Å². The molecule has 2 aromatic carbocycles. The van der Waals surface area contributed by atoms with Gasteiger partial charge in [-0.05, 0) is 36.4 Å². The van der Waals surface area contributed by atoms with Crippen molar-refractivity contribution in [3.05, 3.63) is 46.4 Å². The van der Waals surface area contributed by atoms with Gasteiger partial charge in [-0.2, -0.15) is 0 Å². The Bertz CT molecular complexity index is 897. The standard InChI is InChI=1S/C18H19Cl3O7S/c19-7-11(23)9-27-13-1-3-14(4-2-13)29(25,26)15-5-16(20)18(17(21)6-15)28-10-12(24)8-22/h1-6,11-12,22-24H,7-10H2/t11-,12-/m1/s1. The molecule has 0 fully saturated rings. The zero-order valence-electron chi connectivity index (χ0n) is 15.0. The fourth-order valence-electron chi connectivity index (χ4n) is 2.15. The molecule has 7 nitrogen and oxygen atoms in total. The highest BCUT2D eigenvalue weighted by atomic mass is 35.5. The first-order valence-corrected chi connectivity index (χ1v) is 11.1. The molecule has 0 bridgehead atoms. The molecule has 11 heteroatoms. The maximum atomic E-state index is 12.9. The first-order chi connectivity index (χ1) is 13.7. The van der Waals surface area contributed by atoms with Crippen molar-refractivity contribution in [1.82, 2.24) is 0 Å². The topological polar surface area (TPSA) is 113 Å². The third-order valence-corrected chi connectivity index (χ3v) is 6.33. The largest absolute Gasteiger partial charge is 0.491 e. The second-order valence-corrected chi connectivity index (χ2v) is 9.03. The van der Waals surface area contributed by atoms with E-state index < -0.39 is 28.7 Å².